The molecule has 160 valence electrons. The number of nitrogens with one attached hydrogen (secondary N) is 1. The van der Waals surface area contributed by atoms with Gasteiger partial charge in [0.05, 0.1) is 22.6 Å². The third-order valence-corrected chi connectivity index (χ3v) is 5.30. The van der Waals surface area contributed by atoms with Gasteiger partial charge in [0, 0.05) is 11.6 Å². The van der Waals surface area contributed by atoms with Crippen molar-refractivity contribution in [2.45, 2.75) is 34.3 Å². The van der Waals surface area contributed by atoms with E-state index in [4.69, 9.17) is 0 Å². The lowest BCUT2D eigenvalue weighted by Gasteiger charge is -2.10. The molecule has 11 heteroatoms. The van der Waals surface area contributed by atoms with Crippen molar-refractivity contribution in [3.8, 4) is 11.4 Å². The van der Waals surface area contributed by atoms with Crippen LogP contribution in [0.25, 0.3) is 28.1 Å². The monoisotopic (exact) mass is 428 g/mol. The summed E-state index contributed by atoms with van der Waals surface area (Å²) in [4.78, 5) is 22.2. The van der Waals surface area contributed by atoms with Crippen molar-refractivity contribution in [3.63, 3.8) is 0 Å². The van der Waals surface area contributed by atoms with Crippen molar-refractivity contribution in [1.82, 2.24) is 44.7 Å². The quantitative estimate of drug-likeness (QED) is 0.438. The third kappa shape index (κ3) is 3.38. The van der Waals surface area contributed by atoms with Gasteiger partial charge in [-0.1, -0.05) is 0 Å². The van der Waals surface area contributed by atoms with Crippen LogP contribution < -0.4 is 5.32 Å². The Hall–Kier alpha value is -4.12. The number of hydrogen-bond donors (Lipinski definition) is 2. The Labute approximate surface area is 182 Å². The summed E-state index contributed by atoms with van der Waals surface area (Å²) in [7, 11) is 0. The van der Waals surface area contributed by atoms with Crippen LogP contribution in [-0.4, -0.2) is 49.8 Å². The third-order valence-electron chi connectivity index (χ3n) is 5.30. The number of hydrogen-bond acceptors (Lipinski definition) is 10. The number of aryl methyl sites for hydroxylation is 4. The summed E-state index contributed by atoms with van der Waals surface area (Å²) in [5.41, 5.74) is 5.87. The molecule has 5 rings (SSSR count). The minimum absolute atomic E-state index is 0.274. The lowest BCUT2D eigenvalue weighted by Crippen LogP contribution is -2.06. The lowest BCUT2D eigenvalue weighted by atomic mass is 10.1. The summed E-state index contributed by atoms with van der Waals surface area (Å²) in [6.07, 6.45) is 1.62. The van der Waals surface area contributed by atoms with E-state index >= 15 is 0 Å². The molecule has 0 atom stereocenters. The van der Waals surface area contributed by atoms with Crippen LogP contribution in [0.4, 0.5) is 11.9 Å². The fourth-order valence-corrected chi connectivity index (χ4v) is 3.45. The zero-order valence-corrected chi connectivity index (χ0v) is 18.0. The fourth-order valence-electron chi connectivity index (χ4n) is 3.45. The molecule has 32 heavy (non-hydrogen) atoms. The van der Waals surface area contributed by atoms with Gasteiger partial charge in [-0.05, 0) is 57.0 Å². The first-order valence-corrected chi connectivity index (χ1v) is 9.99. The summed E-state index contributed by atoms with van der Waals surface area (Å²) in [5, 5.41) is 25.9. The van der Waals surface area contributed by atoms with E-state index in [0.29, 0.717) is 34.8 Å². The van der Waals surface area contributed by atoms with Crippen molar-refractivity contribution in [3.05, 3.63) is 52.7 Å². The zero-order valence-electron chi connectivity index (χ0n) is 18.0. The highest BCUT2D eigenvalue weighted by Crippen LogP contribution is 2.23. The standard InChI is InChI=1S/C21H20N10O/c1-10-7-14-12(3)23-20(25-16(14)8-11(10)2)27-19-22-6-5-15(24-19)18-13(4)31-21(29-28-18)26-17(9-32)30-31/h5-8,32H,9H2,1-4H3,(H,22,23,24,25,27). The number of aromatic nitrogens is 9. The van der Waals surface area contributed by atoms with Crippen LogP contribution in [0.1, 0.15) is 28.3 Å². The maximum absolute atomic E-state index is 9.28. The highest BCUT2D eigenvalue weighted by atomic mass is 16.3. The first kappa shape index (κ1) is 19.8. The van der Waals surface area contributed by atoms with E-state index in [1.54, 1.807) is 12.3 Å². The molecule has 11 nitrogen and oxygen atoms in total. The molecule has 0 radical (unpaired) electrons. The molecule has 0 aliphatic heterocycles. The first-order valence-electron chi connectivity index (χ1n) is 9.99. The Kier molecular flexibility index (Phi) is 4.67. The molecule has 0 spiro atoms. The van der Waals surface area contributed by atoms with Gasteiger partial charge in [-0.25, -0.2) is 19.9 Å². The molecule has 0 saturated heterocycles. The molecule has 2 N–H and O–H groups in total. The predicted molar refractivity (Wildman–Crippen MR) is 117 cm³/mol. The van der Waals surface area contributed by atoms with Crippen LogP contribution >= 0.6 is 0 Å². The molecule has 1 aromatic carbocycles. The van der Waals surface area contributed by atoms with Crippen LogP contribution in [-0.2, 0) is 6.61 Å². The molecule has 0 fully saturated rings. The Bertz CT molecular complexity index is 1490. The van der Waals surface area contributed by atoms with Crippen molar-refractivity contribution in [2.75, 3.05) is 5.32 Å². The molecule has 0 aliphatic rings. The molecule has 4 heterocycles. The molecule has 0 saturated carbocycles. The minimum Gasteiger partial charge on any atom is -0.388 e. The van der Waals surface area contributed by atoms with Gasteiger partial charge >= 0.3 is 0 Å². The van der Waals surface area contributed by atoms with Crippen molar-refractivity contribution in [1.29, 1.82) is 0 Å². The van der Waals surface area contributed by atoms with Gasteiger partial charge in [-0.15, -0.1) is 15.3 Å². The summed E-state index contributed by atoms with van der Waals surface area (Å²) in [5.74, 6) is 1.34. The summed E-state index contributed by atoms with van der Waals surface area (Å²) in [6.45, 7) is 7.65. The van der Waals surface area contributed by atoms with Gasteiger partial charge in [-0.3, -0.25) is 5.32 Å². The van der Waals surface area contributed by atoms with Crippen LogP contribution in [0.5, 0.6) is 0 Å². The second-order valence-corrected chi connectivity index (χ2v) is 7.51. The van der Waals surface area contributed by atoms with Crippen molar-refractivity contribution >= 4 is 28.6 Å². The van der Waals surface area contributed by atoms with E-state index in [0.717, 1.165) is 16.6 Å². The maximum atomic E-state index is 9.28. The van der Waals surface area contributed by atoms with Crippen LogP contribution in [0.15, 0.2) is 24.4 Å². The number of benzene rings is 1. The van der Waals surface area contributed by atoms with E-state index in [1.807, 2.05) is 13.8 Å². The topological polar surface area (TPSA) is 140 Å². The molecule has 0 aliphatic carbocycles. The SMILES string of the molecule is Cc1cc2nc(Nc3nccc(-c4nnc5nc(CO)nn5c4C)n3)nc(C)c2cc1C. The average molecular weight is 428 g/mol. The molecule has 0 bridgehead atoms. The van der Waals surface area contributed by atoms with Crippen LogP contribution in [0, 0.1) is 27.7 Å². The highest BCUT2D eigenvalue weighted by Gasteiger charge is 2.15. The molecular weight excluding hydrogens is 408 g/mol. The average Bonchev–Trinajstić information content (AvgIpc) is 3.20. The van der Waals surface area contributed by atoms with Crippen molar-refractivity contribution < 1.29 is 5.11 Å². The molecule has 4 aromatic heterocycles. The van der Waals surface area contributed by atoms with Gasteiger partial charge in [0.2, 0.25) is 11.9 Å². The molecular formula is C21H20N10O. The number of rotatable bonds is 4. The first-order chi connectivity index (χ1) is 15.4. The number of nitrogens with zero attached hydrogens (tertiary/aromatic N) is 9. The van der Waals surface area contributed by atoms with Gasteiger partial charge in [0.1, 0.15) is 12.3 Å². The lowest BCUT2D eigenvalue weighted by molar-refractivity contribution is 0.271. The molecule has 5 aromatic rings. The Morgan fingerprint density at radius 3 is 2.56 bits per heavy atom. The van der Waals surface area contributed by atoms with E-state index in [2.05, 4.69) is 71.5 Å². The second kappa shape index (κ2) is 7.54. The second-order valence-electron chi connectivity index (χ2n) is 7.51. The zero-order chi connectivity index (χ0) is 22.4. The fraction of sp³-hybridized carbons (Fsp3) is 0.238. The van der Waals surface area contributed by atoms with E-state index in [1.165, 1.54) is 15.6 Å². The number of aliphatic hydroxyl groups excluding tert-OH is 1. The van der Waals surface area contributed by atoms with E-state index in [-0.39, 0.29) is 12.4 Å². The summed E-state index contributed by atoms with van der Waals surface area (Å²) < 4.78 is 1.53. The number of fused-ring (bicyclic) bond motifs is 2. The highest BCUT2D eigenvalue weighted by molar-refractivity contribution is 5.83. The summed E-state index contributed by atoms with van der Waals surface area (Å²) >= 11 is 0. The Morgan fingerprint density at radius 2 is 1.75 bits per heavy atom. The number of aliphatic hydroxyl groups is 1. The Balaban J connectivity index is 1.52. The minimum atomic E-state index is -0.274. The van der Waals surface area contributed by atoms with Gasteiger partial charge in [-0.2, -0.15) is 9.50 Å². The number of anilines is 2. The van der Waals surface area contributed by atoms with Crippen LogP contribution in [0.2, 0.25) is 0 Å². The molecule has 0 amide bonds. The normalized spacial score (nSPS) is 11.4. The smallest absolute Gasteiger partial charge is 0.272 e. The Morgan fingerprint density at radius 1 is 0.938 bits per heavy atom. The largest absolute Gasteiger partial charge is 0.388 e. The van der Waals surface area contributed by atoms with Gasteiger partial charge in [0.15, 0.2) is 5.82 Å². The molecule has 0 unspecified atom stereocenters. The maximum Gasteiger partial charge on any atom is 0.272 e. The van der Waals surface area contributed by atoms with Gasteiger partial charge < -0.3 is 5.11 Å². The van der Waals surface area contributed by atoms with Crippen molar-refractivity contribution in [2.24, 2.45) is 0 Å². The summed E-state index contributed by atoms with van der Waals surface area (Å²) in [6, 6.07) is 5.89. The van der Waals surface area contributed by atoms with E-state index in [9.17, 15) is 5.11 Å². The van der Waals surface area contributed by atoms with Gasteiger partial charge in [0.25, 0.3) is 5.78 Å². The van der Waals surface area contributed by atoms with Crippen LogP contribution in [0.3, 0.4) is 0 Å². The predicted octanol–water partition coefficient (Wildman–Crippen LogP) is 2.39. The van der Waals surface area contributed by atoms with E-state index < -0.39 is 0 Å².